The molecule has 0 aliphatic heterocycles. The van der Waals surface area contributed by atoms with Crippen molar-refractivity contribution in [1.29, 1.82) is 0 Å². The number of rotatable bonds is 5. The van der Waals surface area contributed by atoms with Gasteiger partial charge in [0.05, 0.1) is 4.92 Å². The third-order valence-corrected chi connectivity index (χ3v) is 2.51. The molecule has 1 N–H and O–H groups in total. The molecule has 1 aromatic rings. The lowest BCUT2D eigenvalue weighted by atomic mass is 9.99. The number of carboxylic acids is 1. The first kappa shape index (κ1) is 14.6. The van der Waals surface area contributed by atoms with Gasteiger partial charge in [0.15, 0.2) is 0 Å². The average Bonchev–Trinajstić information content (AvgIpc) is 2.35. The fourth-order valence-electron chi connectivity index (χ4n) is 1.55. The highest BCUT2D eigenvalue weighted by Gasteiger charge is 2.16. The monoisotopic (exact) mass is 263 g/mol. The van der Waals surface area contributed by atoms with Crippen LogP contribution in [0.4, 0.5) is 5.69 Å². The van der Waals surface area contributed by atoms with Crippen molar-refractivity contribution in [1.82, 2.24) is 0 Å². The molecule has 0 fully saturated rings. The summed E-state index contributed by atoms with van der Waals surface area (Å²) in [5.74, 6) is -2.64. The summed E-state index contributed by atoms with van der Waals surface area (Å²) in [6, 6.07) is 4.53. The van der Waals surface area contributed by atoms with Gasteiger partial charge in [0, 0.05) is 11.6 Å². The Morgan fingerprint density at radius 1 is 1.37 bits per heavy atom. The summed E-state index contributed by atoms with van der Waals surface area (Å²) in [4.78, 5) is 31.7. The Morgan fingerprint density at radius 3 is 2.47 bits per heavy atom. The van der Waals surface area contributed by atoms with E-state index in [1.165, 1.54) is 12.1 Å². The molecule has 0 atom stereocenters. The molecule has 0 radical (unpaired) electrons. The van der Waals surface area contributed by atoms with Crippen molar-refractivity contribution in [2.24, 2.45) is 0 Å². The van der Waals surface area contributed by atoms with Gasteiger partial charge in [-0.15, -0.1) is 0 Å². The first-order chi connectivity index (χ1) is 8.82. The quantitative estimate of drug-likeness (QED) is 0.380. The second-order valence-electron chi connectivity index (χ2n) is 4.23. The van der Waals surface area contributed by atoms with Crippen LogP contribution >= 0.6 is 0 Å². The molecule has 0 saturated carbocycles. The number of aliphatic carboxylic acids is 1. The van der Waals surface area contributed by atoms with Crippen LogP contribution in [0.3, 0.4) is 0 Å². The predicted molar refractivity (Wildman–Crippen MR) is 68.9 cm³/mol. The van der Waals surface area contributed by atoms with E-state index >= 15 is 0 Å². The van der Waals surface area contributed by atoms with Crippen LogP contribution in [0.2, 0.25) is 0 Å². The van der Waals surface area contributed by atoms with E-state index in [2.05, 4.69) is 0 Å². The Kier molecular flexibility index (Phi) is 4.52. The molecule has 100 valence electrons. The van der Waals surface area contributed by atoms with Crippen molar-refractivity contribution in [3.8, 4) is 0 Å². The van der Waals surface area contributed by atoms with Gasteiger partial charge in [0.2, 0.25) is 0 Å². The van der Waals surface area contributed by atoms with Crippen LogP contribution in [0, 0.1) is 10.1 Å². The molecular formula is C13H13NO5. The number of benzene rings is 1. The fraction of sp³-hybridized carbons (Fsp3) is 0.231. The molecule has 6 nitrogen and oxygen atoms in total. The van der Waals surface area contributed by atoms with Gasteiger partial charge in [-0.25, -0.2) is 4.79 Å². The smallest absolute Gasteiger partial charge is 0.376 e. The molecule has 0 saturated heterocycles. The number of carbonyl (C=O) groups excluding carboxylic acids is 1. The number of ketones is 1. The van der Waals surface area contributed by atoms with E-state index in [1.807, 2.05) is 13.8 Å². The highest BCUT2D eigenvalue weighted by atomic mass is 16.6. The Labute approximate surface area is 109 Å². The van der Waals surface area contributed by atoms with E-state index in [1.54, 1.807) is 12.1 Å². The first-order valence-electron chi connectivity index (χ1n) is 5.56. The Bertz CT molecular complexity index is 560. The zero-order valence-electron chi connectivity index (χ0n) is 10.5. The molecule has 0 spiro atoms. The van der Waals surface area contributed by atoms with Gasteiger partial charge < -0.3 is 5.11 Å². The van der Waals surface area contributed by atoms with Crippen LogP contribution in [0.25, 0.3) is 6.08 Å². The zero-order chi connectivity index (χ0) is 14.6. The minimum Gasteiger partial charge on any atom is -0.475 e. The molecule has 6 heteroatoms. The second kappa shape index (κ2) is 5.90. The highest BCUT2D eigenvalue weighted by molar-refractivity contribution is 6.38. The van der Waals surface area contributed by atoms with Gasteiger partial charge in [-0.2, -0.15) is 0 Å². The van der Waals surface area contributed by atoms with E-state index < -0.39 is 16.7 Å². The van der Waals surface area contributed by atoms with Crippen LogP contribution in [0.1, 0.15) is 30.9 Å². The molecule has 0 aromatic heterocycles. The number of nitro groups is 1. The highest BCUT2D eigenvalue weighted by Crippen LogP contribution is 2.27. The van der Waals surface area contributed by atoms with Gasteiger partial charge >= 0.3 is 5.97 Å². The van der Waals surface area contributed by atoms with Crippen molar-refractivity contribution in [2.75, 3.05) is 0 Å². The van der Waals surface area contributed by atoms with Crippen LogP contribution in [-0.4, -0.2) is 21.8 Å². The molecule has 19 heavy (non-hydrogen) atoms. The van der Waals surface area contributed by atoms with Crippen LogP contribution in [-0.2, 0) is 9.59 Å². The number of nitrogens with zero attached hydrogens (tertiary/aromatic N) is 1. The SMILES string of the molecule is CC(C)c1ccc(/C=C/C(=O)C(=O)O)cc1[N+](=O)[O-]. The minimum absolute atomic E-state index is 0.000851. The molecule has 1 rings (SSSR count). The van der Waals surface area contributed by atoms with E-state index in [-0.39, 0.29) is 11.6 Å². The van der Waals surface area contributed by atoms with Gasteiger partial charge in [0.1, 0.15) is 0 Å². The Balaban J connectivity index is 3.13. The summed E-state index contributed by atoms with van der Waals surface area (Å²) in [5.41, 5.74) is 0.956. The fourth-order valence-corrected chi connectivity index (χ4v) is 1.55. The molecule has 0 bridgehead atoms. The Hall–Kier alpha value is -2.50. The number of hydrogen-bond donors (Lipinski definition) is 1. The number of carboxylic acid groups (broad SMARTS) is 1. The third-order valence-electron chi connectivity index (χ3n) is 2.51. The van der Waals surface area contributed by atoms with E-state index in [0.717, 1.165) is 6.08 Å². The molecular weight excluding hydrogens is 250 g/mol. The summed E-state index contributed by atoms with van der Waals surface area (Å²) in [6.07, 6.45) is 2.12. The van der Waals surface area contributed by atoms with Crippen molar-refractivity contribution in [3.05, 3.63) is 45.5 Å². The van der Waals surface area contributed by atoms with E-state index in [4.69, 9.17) is 5.11 Å². The Morgan fingerprint density at radius 2 is 2.00 bits per heavy atom. The standard InChI is InChI=1S/C13H13NO5/c1-8(2)10-5-3-9(7-11(10)14(18)19)4-6-12(15)13(16)17/h3-8H,1-2H3,(H,16,17)/b6-4+. The van der Waals surface area contributed by atoms with Gasteiger partial charge in [-0.05, 0) is 17.6 Å². The van der Waals surface area contributed by atoms with Gasteiger partial charge in [0.25, 0.3) is 11.5 Å². The summed E-state index contributed by atoms with van der Waals surface area (Å²) >= 11 is 0. The second-order valence-corrected chi connectivity index (χ2v) is 4.23. The normalized spacial score (nSPS) is 10.9. The lowest BCUT2D eigenvalue weighted by Gasteiger charge is -2.06. The third kappa shape index (κ3) is 3.74. The van der Waals surface area contributed by atoms with E-state index in [9.17, 15) is 19.7 Å². The maximum Gasteiger partial charge on any atom is 0.376 e. The van der Waals surface area contributed by atoms with Crippen LogP contribution < -0.4 is 0 Å². The van der Waals surface area contributed by atoms with Gasteiger partial charge in [-0.3, -0.25) is 14.9 Å². The maximum atomic E-state index is 10.9. The number of nitro benzene ring substituents is 1. The van der Waals surface area contributed by atoms with E-state index in [0.29, 0.717) is 11.1 Å². The lowest BCUT2D eigenvalue weighted by Crippen LogP contribution is -2.08. The maximum absolute atomic E-state index is 10.9. The van der Waals surface area contributed by atoms with Crippen molar-refractivity contribution < 1.29 is 19.6 Å². The van der Waals surface area contributed by atoms with Crippen molar-refractivity contribution >= 4 is 23.5 Å². The molecule has 0 unspecified atom stereocenters. The molecule has 0 aliphatic carbocycles. The summed E-state index contributed by atoms with van der Waals surface area (Å²) in [6.45, 7) is 3.68. The summed E-state index contributed by atoms with van der Waals surface area (Å²) in [5, 5.41) is 19.4. The number of carbonyl (C=O) groups is 2. The van der Waals surface area contributed by atoms with Crippen molar-refractivity contribution in [3.63, 3.8) is 0 Å². The topological polar surface area (TPSA) is 97.5 Å². The van der Waals surface area contributed by atoms with Crippen molar-refractivity contribution in [2.45, 2.75) is 19.8 Å². The summed E-state index contributed by atoms with van der Waals surface area (Å²) < 4.78 is 0. The summed E-state index contributed by atoms with van der Waals surface area (Å²) in [7, 11) is 0. The minimum atomic E-state index is -1.57. The molecule has 1 aromatic carbocycles. The zero-order valence-corrected chi connectivity index (χ0v) is 10.5. The van der Waals surface area contributed by atoms with Gasteiger partial charge in [-0.1, -0.05) is 32.1 Å². The largest absolute Gasteiger partial charge is 0.475 e. The lowest BCUT2D eigenvalue weighted by molar-refractivity contribution is -0.385. The predicted octanol–water partition coefficient (Wildman–Crippen LogP) is 2.39. The average molecular weight is 263 g/mol. The first-order valence-corrected chi connectivity index (χ1v) is 5.56. The molecule has 0 heterocycles. The van der Waals surface area contributed by atoms with Crippen LogP contribution in [0.15, 0.2) is 24.3 Å². The molecule has 0 aliphatic rings. The molecule has 0 amide bonds. The number of hydrogen-bond acceptors (Lipinski definition) is 4. The van der Waals surface area contributed by atoms with Crippen LogP contribution in [0.5, 0.6) is 0 Å².